The molecule has 34 heavy (non-hydrogen) atoms. The third-order valence-corrected chi connectivity index (χ3v) is 5.88. The summed E-state index contributed by atoms with van der Waals surface area (Å²) in [7, 11) is 0. The van der Waals surface area contributed by atoms with Crippen LogP contribution in [0.3, 0.4) is 0 Å². The van der Waals surface area contributed by atoms with E-state index in [2.05, 4.69) is 22.5 Å². The van der Waals surface area contributed by atoms with Crippen molar-refractivity contribution >= 4 is 40.5 Å². The predicted octanol–water partition coefficient (Wildman–Crippen LogP) is 4.44. The van der Waals surface area contributed by atoms with Crippen molar-refractivity contribution in [3.8, 4) is 5.75 Å². The number of benzene rings is 2. The van der Waals surface area contributed by atoms with Crippen LogP contribution < -0.4 is 20.3 Å². The Bertz CT molecular complexity index is 972. The van der Waals surface area contributed by atoms with Gasteiger partial charge in [0.05, 0.1) is 6.61 Å². The fourth-order valence-corrected chi connectivity index (χ4v) is 3.95. The van der Waals surface area contributed by atoms with Crippen molar-refractivity contribution < 1.29 is 14.3 Å². The number of piperazine rings is 1. The summed E-state index contributed by atoms with van der Waals surface area (Å²) >= 11 is 5.33. The Hall–Kier alpha value is -3.13. The van der Waals surface area contributed by atoms with Crippen LogP contribution in [0.15, 0.2) is 48.5 Å². The molecule has 3 rings (SSSR count). The van der Waals surface area contributed by atoms with Crippen molar-refractivity contribution in [2.45, 2.75) is 39.5 Å². The van der Waals surface area contributed by atoms with E-state index < -0.39 is 0 Å². The molecular weight excluding hydrogens is 448 g/mol. The third-order valence-electron chi connectivity index (χ3n) is 5.68. The largest absolute Gasteiger partial charge is 0.494 e. The highest BCUT2D eigenvalue weighted by molar-refractivity contribution is 7.80. The normalized spacial score (nSPS) is 13.4. The maximum Gasteiger partial charge on any atom is 0.257 e. The average Bonchev–Trinajstić information content (AvgIpc) is 2.85. The van der Waals surface area contributed by atoms with Gasteiger partial charge in [0.15, 0.2) is 5.11 Å². The zero-order valence-corrected chi connectivity index (χ0v) is 20.8. The maximum atomic E-state index is 12.6. The number of nitrogens with one attached hydrogen (secondary N) is 2. The summed E-state index contributed by atoms with van der Waals surface area (Å²) in [6, 6.07) is 15.0. The number of hydrogen-bond donors (Lipinski definition) is 2. The van der Waals surface area contributed by atoms with E-state index in [1.54, 1.807) is 18.2 Å². The summed E-state index contributed by atoms with van der Waals surface area (Å²) in [5.41, 5.74) is 2.38. The van der Waals surface area contributed by atoms with E-state index in [4.69, 9.17) is 17.0 Å². The van der Waals surface area contributed by atoms with Gasteiger partial charge in [-0.1, -0.05) is 26.3 Å². The second kappa shape index (κ2) is 12.9. The van der Waals surface area contributed by atoms with Gasteiger partial charge < -0.3 is 19.9 Å². The molecule has 0 radical (unpaired) electrons. The lowest BCUT2D eigenvalue weighted by Gasteiger charge is -2.36. The summed E-state index contributed by atoms with van der Waals surface area (Å²) in [5.74, 6) is 0.629. The molecule has 2 amide bonds. The molecule has 1 aliphatic rings. The van der Waals surface area contributed by atoms with Crippen LogP contribution in [-0.2, 0) is 4.79 Å². The van der Waals surface area contributed by atoms with Crippen LogP contribution in [0.4, 0.5) is 11.4 Å². The summed E-state index contributed by atoms with van der Waals surface area (Å²) in [5, 5.41) is 6.02. The van der Waals surface area contributed by atoms with Gasteiger partial charge in [-0.2, -0.15) is 0 Å². The summed E-state index contributed by atoms with van der Waals surface area (Å²) in [6.45, 7) is 7.90. The van der Waals surface area contributed by atoms with Gasteiger partial charge in [0.25, 0.3) is 5.91 Å². The van der Waals surface area contributed by atoms with E-state index in [9.17, 15) is 9.59 Å². The van der Waals surface area contributed by atoms with E-state index in [0.29, 0.717) is 24.3 Å². The van der Waals surface area contributed by atoms with Crippen molar-refractivity contribution in [2.24, 2.45) is 0 Å². The van der Waals surface area contributed by atoms with E-state index in [-0.39, 0.29) is 16.9 Å². The molecule has 0 spiro atoms. The Labute approximate surface area is 207 Å². The molecule has 1 heterocycles. The Kier molecular flexibility index (Phi) is 9.70. The highest BCUT2D eigenvalue weighted by Crippen LogP contribution is 2.20. The number of rotatable bonds is 9. The molecule has 1 fully saturated rings. The summed E-state index contributed by atoms with van der Waals surface area (Å²) in [6.07, 6.45) is 3.53. The maximum absolute atomic E-state index is 12.6. The fourth-order valence-electron chi connectivity index (χ4n) is 3.74. The standard InChI is InChI=1S/C26H34N4O3S/c1-3-5-18-33-23-9-6-8-20(19-23)25(32)28-26(34)27-21-10-12-22(13-11-21)29-14-16-30(17-15-29)24(31)7-4-2/h6,8-13,19H,3-5,7,14-18H2,1-2H3,(H2,27,28,32,34). The number of thiocarbonyl (C=S) groups is 1. The smallest absolute Gasteiger partial charge is 0.257 e. The second-order valence-corrected chi connectivity index (χ2v) is 8.71. The second-order valence-electron chi connectivity index (χ2n) is 8.30. The molecule has 0 aromatic heterocycles. The molecule has 2 aromatic rings. The molecular formula is C26H34N4O3S. The van der Waals surface area contributed by atoms with Crippen molar-refractivity contribution in [3.63, 3.8) is 0 Å². The number of ether oxygens (including phenoxy) is 1. The zero-order chi connectivity index (χ0) is 24.3. The first-order chi connectivity index (χ1) is 16.5. The lowest BCUT2D eigenvalue weighted by atomic mass is 10.2. The molecule has 0 aliphatic carbocycles. The van der Waals surface area contributed by atoms with Crippen LogP contribution in [0.25, 0.3) is 0 Å². The number of anilines is 2. The zero-order valence-electron chi connectivity index (χ0n) is 20.0. The number of amides is 2. The first-order valence-electron chi connectivity index (χ1n) is 12.0. The van der Waals surface area contributed by atoms with Crippen molar-refractivity contribution in [3.05, 3.63) is 54.1 Å². The van der Waals surface area contributed by atoms with E-state index in [1.807, 2.05) is 42.2 Å². The van der Waals surface area contributed by atoms with E-state index >= 15 is 0 Å². The molecule has 8 heteroatoms. The Balaban J connectivity index is 1.48. The summed E-state index contributed by atoms with van der Waals surface area (Å²) < 4.78 is 5.68. The van der Waals surface area contributed by atoms with Gasteiger partial charge in [0.1, 0.15) is 5.75 Å². The Morgan fingerprint density at radius 2 is 1.74 bits per heavy atom. The lowest BCUT2D eigenvalue weighted by Crippen LogP contribution is -2.48. The van der Waals surface area contributed by atoms with E-state index in [1.165, 1.54) is 0 Å². The first-order valence-corrected chi connectivity index (χ1v) is 12.4. The van der Waals surface area contributed by atoms with Gasteiger partial charge in [-0.15, -0.1) is 0 Å². The van der Waals surface area contributed by atoms with Crippen LogP contribution in [0.5, 0.6) is 5.75 Å². The highest BCUT2D eigenvalue weighted by atomic mass is 32.1. The van der Waals surface area contributed by atoms with Crippen LogP contribution in [-0.4, -0.2) is 54.6 Å². The molecule has 0 bridgehead atoms. The molecule has 2 N–H and O–H groups in total. The molecule has 1 saturated heterocycles. The monoisotopic (exact) mass is 482 g/mol. The lowest BCUT2D eigenvalue weighted by molar-refractivity contribution is -0.131. The number of nitrogens with zero attached hydrogens (tertiary/aromatic N) is 2. The SMILES string of the molecule is CCCCOc1cccc(C(=O)NC(=S)Nc2ccc(N3CCN(C(=O)CCC)CC3)cc2)c1. The molecule has 0 atom stereocenters. The van der Waals surface area contributed by atoms with Gasteiger partial charge >= 0.3 is 0 Å². The van der Waals surface area contributed by atoms with Gasteiger partial charge in [-0.25, -0.2) is 0 Å². The quantitative estimate of drug-likeness (QED) is 0.407. The van der Waals surface area contributed by atoms with Crippen LogP contribution in [0, 0.1) is 0 Å². The van der Waals surface area contributed by atoms with Gasteiger partial charge in [-0.3, -0.25) is 14.9 Å². The number of hydrogen-bond acceptors (Lipinski definition) is 5. The van der Waals surface area contributed by atoms with Gasteiger partial charge in [0, 0.05) is 49.5 Å². The van der Waals surface area contributed by atoms with Gasteiger partial charge in [-0.05, 0) is 67.5 Å². The molecule has 7 nitrogen and oxygen atoms in total. The van der Waals surface area contributed by atoms with E-state index in [0.717, 1.165) is 56.8 Å². The van der Waals surface area contributed by atoms with Crippen LogP contribution >= 0.6 is 12.2 Å². The van der Waals surface area contributed by atoms with Crippen molar-refractivity contribution in [1.29, 1.82) is 0 Å². The minimum absolute atomic E-state index is 0.234. The average molecular weight is 483 g/mol. The third kappa shape index (κ3) is 7.45. The number of unbranched alkanes of at least 4 members (excludes halogenated alkanes) is 1. The highest BCUT2D eigenvalue weighted by Gasteiger charge is 2.20. The van der Waals surface area contributed by atoms with Crippen LogP contribution in [0.2, 0.25) is 0 Å². The van der Waals surface area contributed by atoms with Gasteiger partial charge in [0.2, 0.25) is 5.91 Å². The molecule has 1 aliphatic heterocycles. The minimum Gasteiger partial charge on any atom is -0.494 e. The van der Waals surface area contributed by atoms with Crippen molar-refractivity contribution in [1.82, 2.24) is 10.2 Å². The molecule has 2 aromatic carbocycles. The van der Waals surface area contributed by atoms with Crippen molar-refractivity contribution in [2.75, 3.05) is 43.0 Å². The Morgan fingerprint density at radius 3 is 2.41 bits per heavy atom. The van der Waals surface area contributed by atoms with Crippen LogP contribution in [0.1, 0.15) is 49.9 Å². The topological polar surface area (TPSA) is 73.9 Å². The number of carbonyl (C=O) groups is 2. The number of carbonyl (C=O) groups excluding carboxylic acids is 2. The first kappa shape index (κ1) is 25.5. The molecule has 0 saturated carbocycles. The molecule has 182 valence electrons. The fraction of sp³-hybridized carbons (Fsp3) is 0.423. The molecule has 0 unspecified atom stereocenters. The predicted molar refractivity (Wildman–Crippen MR) is 141 cm³/mol. The summed E-state index contributed by atoms with van der Waals surface area (Å²) in [4.78, 5) is 28.9. The minimum atomic E-state index is -0.287. The Morgan fingerprint density at radius 1 is 1.00 bits per heavy atom.